The smallest absolute Gasteiger partial charge is 0.241 e. The zero-order valence-electron chi connectivity index (χ0n) is 18.7. The summed E-state index contributed by atoms with van der Waals surface area (Å²) in [7, 11) is 3.83. The molecule has 6 nitrogen and oxygen atoms in total. The molecule has 0 spiro atoms. The summed E-state index contributed by atoms with van der Waals surface area (Å²) < 4.78 is 5.44. The SMILES string of the molecule is CN=C(NCC(=O)N1CCC(Cc2ccccc2)CC1)N(C)CCC1CCOCC1. The molecule has 2 aliphatic rings. The minimum absolute atomic E-state index is 0.173. The van der Waals surface area contributed by atoms with Gasteiger partial charge >= 0.3 is 0 Å². The zero-order chi connectivity index (χ0) is 21.2. The van der Waals surface area contributed by atoms with Gasteiger partial charge < -0.3 is 19.9 Å². The van der Waals surface area contributed by atoms with Gasteiger partial charge in [0.25, 0.3) is 0 Å². The van der Waals surface area contributed by atoms with Crippen LogP contribution in [0.2, 0.25) is 0 Å². The van der Waals surface area contributed by atoms with Gasteiger partial charge in [0.05, 0.1) is 6.54 Å². The highest BCUT2D eigenvalue weighted by Crippen LogP contribution is 2.22. The Morgan fingerprint density at radius 3 is 2.50 bits per heavy atom. The molecule has 2 heterocycles. The van der Waals surface area contributed by atoms with E-state index in [1.807, 2.05) is 11.9 Å². The molecule has 0 radical (unpaired) electrons. The fourth-order valence-electron chi connectivity index (χ4n) is 4.50. The van der Waals surface area contributed by atoms with E-state index in [1.165, 1.54) is 5.56 Å². The van der Waals surface area contributed by atoms with Crippen LogP contribution in [0, 0.1) is 11.8 Å². The minimum Gasteiger partial charge on any atom is -0.381 e. The Bertz CT molecular complexity index is 665. The van der Waals surface area contributed by atoms with Crippen LogP contribution < -0.4 is 5.32 Å². The zero-order valence-corrected chi connectivity index (χ0v) is 18.7. The van der Waals surface area contributed by atoms with Crippen molar-refractivity contribution in [2.75, 3.05) is 53.5 Å². The number of ether oxygens (including phenoxy) is 1. The molecule has 1 aromatic rings. The summed E-state index contributed by atoms with van der Waals surface area (Å²) in [6, 6.07) is 10.7. The van der Waals surface area contributed by atoms with Gasteiger partial charge in [-0.2, -0.15) is 0 Å². The molecular formula is C24H38N4O2. The van der Waals surface area contributed by atoms with E-state index in [9.17, 15) is 4.79 Å². The highest BCUT2D eigenvalue weighted by Gasteiger charge is 2.23. The standard InChI is InChI=1S/C24H38N4O2/c1-25-24(27(2)13-8-20-11-16-30-17-12-20)26-19-23(29)28-14-9-22(10-15-28)18-21-6-4-3-5-7-21/h3-7,20,22H,8-19H2,1-2H3,(H,25,26). The molecule has 3 rings (SSSR count). The average molecular weight is 415 g/mol. The number of amides is 1. The van der Waals surface area contributed by atoms with E-state index in [-0.39, 0.29) is 5.91 Å². The highest BCUT2D eigenvalue weighted by molar-refractivity contribution is 5.86. The van der Waals surface area contributed by atoms with Gasteiger partial charge in [-0.15, -0.1) is 0 Å². The van der Waals surface area contributed by atoms with Crippen LogP contribution >= 0.6 is 0 Å². The second-order valence-electron chi connectivity index (χ2n) is 8.68. The molecule has 30 heavy (non-hydrogen) atoms. The number of nitrogens with one attached hydrogen (secondary N) is 1. The van der Waals surface area contributed by atoms with Gasteiger partial charge in [-0.05, 0) is 55.9 Å². The predicted molar refractivity (Wildman–Crippen MR) is 122 cm³/mol. The van der Waals surface area contributed by atoms with E-state index in [4.69, 9.17) is 4.74 Å². The molecule has 2 fully saturated rings. The number of piperidine rings is 1. The topological polar surface area (TPSA) is 57.2 Å². The predicted octanol–water partition coefficient (Wildman–Crippen LogP) is 2.79. The molecule has 0 aromatic heterocycles. The van der Waals surface area contributed by atoms with Gasteiger partial charge in [0.15, 0.2) is 5.96 Å². The Balaban J connectivity index is 1.35. The highest BCUT2D eigenvalue weighted by atomic mass is 16.5. The van der Waals surface area contributed by atoms with Crippen molar-refractivity contribution >= 4 is 11.9 Å². The monoisotopic (exact) mass is 414 g/mol. The van der Waals surface area contributed by atoms with E-state index >= 15 is 0 Å². The first-order chi connectivity index (χ1) is 14.7. The lowest BCUT2D eigenvalue weighted by Crippen LogP contribution is -2.47. The number of nitrogens with zero attached hydrogens (tertiary/aromatic N) is 3. The van der Waals surface area contributed by atoms with Crippen LogP contribution in [0.4, 0.5) is 0 Å². The summed E-state index contributed by atoms with van der Waals surface area (Å²) in [5, 5.41) is 3.27. The fourth-order valence-corrected chi connectivity index (χ4v) is 4.50. The third kappa shape index (κ3) is 7.01. The van der Waals surface area contributed by atoms with Gasteiger partial charge in [-0.3, -0.25) is 9.79 Å². The van der Waals surface area contributed by atoms with Crippen molar-refractivity contribution in [3.05, 3.63) is 35.9 Å². The maximum Gasteiger partial charge on any atom is 0.241 e. The van der Waals surface area contributed by atoms with Crippen LogP contribution in [-0.2, 0) is 16.0 Å². The third-order valence-electron chi connectivity index (χ3n) is 6.52. The maximum atomic E-state index is 12.7. The van der Waals surface area contributed by atoms with Crippen molar-refractivity contribution < 1.29 is 9.53 Å². The van der Waals surface area contributed by atoms with Crippen molar-refractivity contribution in [2.45, 2.75) is 38.5 Å². The molecule has 0 aliphatic carbocycles. The lowest BCUT2D eigenvalue weighted by molar-refractivity contribution is -0.131. The number of guanidine groups is 1. The quantitative estimate of drug-likeness (QED) is 0.551. The second-order valence-corrected chi connectivity index (χ2v) is 8.68. The van der Waals surface area contributed by atoms with Crippen LogP contribution in [-0.4, -0.2) is 75.2 Å². The van der Waals surface area contributed by atoms with Gasteiger partial charge in [-0.25, -0.2) is 0 Å². The van der Waals surface area contributed by atoms with Crippen molar-refractivity contribution in [2.24, 2.45) is 16.8 Å². The average Bonchev–Trinajstić information content (AvgIpc) is 2.80. The molecule has 0 unspecified atom stereocenters. The van der Waals surface area contributed by atoms with Crippen LogP contribution in [0.25, 0.3) is 0 Å². The van der Waals surface area contributed by atoms with Crippen LogP contribution in [0.15, 0.2) is 35.3 Å². The van der Waals surface area contributed by atoms with Crippen molar-refractivity contribution in [1.29, 1.82) is 0 Å². The van der Waals surface area contributed by atoms with E-state index in [0.29, 0.717) is 12.5 Å². The van der Waals surface area contributed by atoms with E-state index in [1.54, 1.807) is 7.05 Å². The van der Waals surface area contributed by atoms with Crippen LogP contribution in [0.5, 0.6) is 0 Å². The van der Waals surface area contributed by atoms with E-state index < -0.39 is 0 Å². The Hall–Kier alpha value is -2.08. The van der Waals surface area contributed by atoms with Gasteiger partial charge in [0.2, 0.25) is 5.91 Å². The molecule has 6 heteroatoms. The molecule has 1 amide bonds. The lowest BCUT2D eigenvalue weighted by Gasteiger charge is -2.32. The Morgan fingerprint density at radius 2 is 1.83 bits per heavy atom. The molecule has 1 aromatic carbocycles. The van der Waals surface area contributed by atoms with E-state index in [0.717, 1.165) is 83.3 Å². The van der Waals surface area contributed by atoms with Crippen molar-refractivity contribution in [1.82, 2.24) is 15.1 Å². The third-order valence-corrected chi connectivity index (χ3v) is 6.52. The number of carbonyl (C=O) groups excluding carboxylic acids is 1. The number of likely N-dealkylation sites (tertiary alicyclic amines) is 1. The van der Waals surface area contributed by atoms with E-state index in [2.05, 4.69) is 45.5 Å². The normalized spacial score (nSPS) is 19.0. The number of aliphatic imine (C=N–C) groups is 1. The molecule has 2 saturated heterocycles. The summed E-state index contributed by atoms with van der Waals surface area (Å²) >= 11 is 0. The molecule has 0 atom stereocenters. The van der Waals surface area contributed by atoms with Crippen molar-refractivity contribution in [3.8, 4) is 0 Å². The molecule has 166 valence electrons. The number of hydrogen-bond acceptors (Lipinski definition) is 3. The first-order valence-electron chi connectivity index (χ1n) is 11.5. The molecule has 0 saturated carbocycles. The molecule has 1 N–H and O–H groups in total. The maximum absolute atomic E-state index is 12.7. The minimum atomic E-state index is 0.173. The summed E-state index contributed by atoms with van der Waals surface area (Å²) in [6.45, 7) is 4.75. The fraction of sp³-hybridized carbons (Fsp3) is 0.667. The molecule has 0 bridgehead atoms. The molecule has 2 aliphatic heterocycles. The summed E-state index contributed by atoms with van der Waals surface area (Å²) in [5.74, 6) is 2.38. The lowest BCUT2D eigenvalue weighted by atomic mass is 9.90. The summed E-state index contributed by atoms with van der Waals surface area (Å²) in [5.41, 5.74) is 1.40. The number of benzene rings is 1. The number of hydrogen-bond donors (Lipinski definition) is 1. The second kappa shape index (κ2) is 11.9. The number of carbonyl (C=O) groups is 1. The summed E-state index contributed by atoms with van der Waals surface area (Å²) in [4.78, 5) is 21.2. The van der Waals surface area contributed by atoms with Crippen LogP contribution in [0.3, 0.4) is 0 Å². The first-order valence-corrected chi connectivity index (χ1v) is 11.5. The van der Waals surface area contributed by atoms with Crippen LogP contribution in [0.1, 0.15) is 37.7 Å². The molecular weight excluding hydrogens is 376 g/mol. The number of rotatable bonds is 7. The Labute approximate surface area is 181 Å². The van der Waals surface area contributed by atoms with Gasteiger partial charge in [-0.1, -0.05) is 30.3 Å². The largest absolute Gasteiger partial charge is 0.381 e. The van der Waals surface area contributed by atoms with Crippen molar-refractivity contribution in [3.63, 3.8) is 0 Å². The first kappa shape index (κ1) is 22.6. The summed E-state index contributed by atoms with van der Waals surface area (Å²) in [6.07, 6.45) is 6.73. The van der Waals surface area contributed by atoms with Gasteiger partial charge in [0.1, 0.15) is 0 Å². The Morgan fingerprint density at radius 1 is 1.13 bits per heavy atom. The Kier molecular flexibility index (Phi) is 9.00. The van der Waals surface area contributed by atoms with Gasteiger partial charge in [0, 0.05) is 46.9 Å².